The van der Waals surface area contributed by atoms with Crippen molar-refractivity contribution >= 4 is 15.7 Å². The minimum absolute atomic E-state index is 0.0725. The molecule has 1 aliphatic rings. The van der Waals surface area contributed by atoms with E-state index in [-0.39, 0.29) is 31.2 Å². The fourth-order valence-electron chi connectivity index (χ4n) is 3.52. The molecule has 1 aromatic carbocycles. The minimum atomic E-state index is -4.67. The van der Waals surface area contributed by atoms with Gasteiger partial charge >= 0.3 is 12.4 Å². The highest BCUT2D eigenvalue weighted by atomic mass is 32.2. The quantitative estimate of drug-likeness (QED) is 0.648. The van der Waals surface area contributed by atoms with Crippen LogP contribution in [0.3, 0.4) is 0 Å². The maximum Gasteiger partial charge on any atom is 0.433 e. The summed E-state index contributed by atoms with van der Waals surface area (Å²) in [6.07, 6.45) is -7.74. The van der Waals surface area contributed by atoms with E-state index in [1.807, 2.05) is 0 Å². The fraction of sp³-hybridized carbons (Fsp3) is 0.400. The second-order valence-corrected chi connectivity index (χ2v) is 9.68. The van der Waals surface area contributed by atoms with Crippen molar-refractivity contribution in [3.05, 3.63) is 59.4 Å². The number of hydrogen-bond donors (Lipinski definition) is 1. The summed E-state index contributed by atoms with van der Waals surface area (Å²) in [5.74, 6) is -0.643. The molecule has 2 aromatic rings. The van der Waals surface area contributed by atoms with Crippen LogP contribution in [0.5, 0.6) is 0 Å². The molecule has 0 spiro atoms. The van der Waals surface area contributed by atoms with E-state index in [4.69, 9.17) is 0 Å². The molecule has 1 aliphatic carbocycles. The summed E-state index contributed by atoms with van der Waals surface area (Å²) >= 11 is 0. The number of rotatable bonds is 4. The zero-order chi connectivity index (χ0) is 23.7. The number of aromatic nitrogens is 1. The minimum Gasteiger partial charge on any atom is -0.349 e. The molecule has 12 heteroatoms. The normalized spacial score (nSPS) is 20.1. The number of alkyl halides is 6. The first-order valence-corrected chi connectivity index (χ1v) is 11.1. The van der Waals surface area contributed by atoms with Crippen LogP contribution in [-0.4, -0.2) is 30.6 Å². The predicted octanol–water partition coefficient (Wildman–Crippen LogP) is 4.63. The van der Waals surface area contributed by atoms with E-state index in [2.05, 4.69) is 10.3 Å². The summed E-state index contributed by atoms with van der Waals surface area (Å²) in [4.78, 5) is 15.1. The van der Waals surface area contributed by atoms with Gasteiger partial charge in [-0.25, -0.2) is 8.42 Å². The predicted molar refractivity (Wildman–Crippen MR) is 101 cm³/mol. The highest BCUT2D eigenvalue weighted by molar-refractivity contribution is 7.92. The first-order valence-electron chi connectivity index (χ1n) is 9.54. The van der Waals surface area contributed by atoms with E-state index in [1.165, 1.54) is 0 Å². The standard InChI is InChI=1S/C20H18F6N2O3S/c21-19(22,23)13-2-1-3-16(10-13)32(30,31)15-7-5-14(6-8-15)28-18(29)12-4-9-17(27-11-12)20(24,25)26/h1-4,9-11,14-15H,5-8H2,(H,28,29)/t14-,15+. The number of amides is 1. The molecule has 1 aromatic heterocycles. The Morgan fingerprint density at radius 1 is 0.938 bits per heavy atom. The third-order valence-electron chi connectivity index (χ3n) is 5.25. The van der Waals surface area contributed by atoms with Crippen molar-refractivity contribution in [1.29, 1.82) is 0 Å². The lowest BCUT2D eigenvalue weighted by atomic mass is 9.95. The Morgan fingerprint density at radius 2 is 1.59 bits per heavy atom. The van der Waals surface area contributed by atoms with Crippen molar-refractivity contribution in [1.82, 2.24) is 10.3 Å². The van der Waals surface area contributed by atoms with Gasteiger partial charge in [0.05, 0.1) is 21.3 Å². The third-order valence-corrected chi connectivity index (χ3v) is 7.51. The number of carbonyl (C=O) groups is 1. The lowest BCUT2D eigenvalue weighted by Crippen LogP contribution is -2.40. The van der Waals surface area contributed by atoms with Crippen molar-refractivity contribution in [3.63, 3.8) is 0 Å². The molecule has 1 fully saturated rings. The second-order valence-electron chi connectivity index (χ2n) is 7.45. The third kappa shape index (κ3) is 5.40. The Hall–Kier alpha value is -2.63. The molecule has 1 amide bonds. The number of benzene rings is 1. The lowest BCUT2D eigenvalue weighted by Gasteiger charge is -2.29. The number of nitrogens with one attached hydrogen (secondary N) is 1. The number of pyridine rings is 1. The van der Waals surface area contributed by atoms with Crippen LogP contribution >= 0.6 is 0 Å². The number of sulfone groups is 1. The Labute approximate surface area is 179 Å². The van der Waals surface area contributed by atoms with Crippen molar-refractivity contribution in [2.75, 3.05) is 0 Å². The molecule has 0 radical (unpaired) electrons. The Balaban J connectivity index is 1.62. The Bertz CT molecular complexity index is 1070. The van der Waals surface area contributed by atoms with Crippen LogP contribution in [0.15, 0.2) is 47.5 Å². The molecule has 0 saturated heterocycles. The van der Waals surface area contributed by atoms with E-state index in [0.29, 0.717) is 12.1 Å². The molecule has 174 valence electrons. The van der Waals surface area contributed by atoms with Gasteiger partial charge in [-0.05, 0) is 56.0 Å². The molecular formula is C20H18F6N2O3S. The molecule has 3 rings (SSSR count). The van der Waals surface area contributed by atoms with Gasteiger partial charge in [0.15, 0.2) is 9.84 Å². The van der Waals surface area contributed by atoms with Gasteiger partial charge in [-0.3, -0.25) is 9.78 Å². The van der Waals surface area contributed by atoms with Gasteiger partial charge in [-0.2, -0.15) is 26.3 Å². The first kappa shape index (κ1) is 24.0. The molecule has 1 saturated carbocycles. The van der Waals surface area contributed by atoms with Gasteiger partial charge in [0, 0.05) is 12.2 Å². The average Bonchev–Trinajstić information content (AvgIpc) is 2.73. The van der Waals surface area contributed by atoms with Crippen molar-refractivity contribution in [2.24, 2.45) is 0 Å². The SMILES string of the molecule is O=C(N[C@H]1CC[C@@H](S(=O)(=O)c2cccc(C(F)(F)F)c2)CC1)c1ccc(C(F)(F)F)nc1. The van der Waals surface area contributed by atoms with E-state index in [1.54, 1.807) is 0 Å². The highest BCUT2D eigenvalue weighted by Gasteiger charge is 2.36. The van der Waals surface area contributed by atoms with Crippen molar-refractivity contribution in [2.45, 2.75) is 54.2 Å². The molecule has 1 heterocycles. The van der Waals surface area contributed by atoms with E-state index in [0.717, 1.165) is 30.5 Å². The molecule has 0 atom stereocenters. The zero-order valence-electron chi connectivity index (χ0n) is 16.4. The van der Waals surface area contributed by atoms with Crippen molar-refractivity contribution in [3.8, 4) is 0 Å². The summed E-state index contributed by atoms with van der Waals surface area (Å²) in [6, 6.07) is 4.83. The molecule has 0 aliphatic heterocycles. The van der Waals surface area contributed by atoms with E-state index < -0.39 is 55.5 Å². The maximum atomic E-state index is 12.9. The highest BCUT2D eigenvalue weighted by Crippen LogP contribution is 2.34. The van der Waals surface area contributed by atoms with E-state index >= 15 is 0 Å². The van der Waals surface area contributed by atoms with E-state index in [9.17, 15) is 39.6 Å². The topological polar surface area (TPSA) is 76.1 Å². The number of halogens is 6. The fourth-order valence-corrected chi connectivity index (χ4v) is 5.36. The summed E-state index contributed by atoms with van der Waals surface area (Å²) in [6.45, 7) is 0. The van der Waals surface area contributed by atoms with Gasteiger partial charge in [-0.1, -0.05) is 6.07 Å². The zero-order valence-corrected chi connectivity index (χ0v) is 17.2. The van der Waals surface area contributed by atoms with Crippen LogP contribution in [0.1, 0.15) is 47.3 Å². The largest absolute Gasteiger partial charge is 0.433 e. The van der Waals surface area contributed by atoms with Crippen LogP contribution in [0.25, 0.3) is 0 Å². The number of nitrogens with zero attached hydrogens (tertiary/aromatic N) is 1. The van der Waals surface area contributed by atoms with Crippen LogP contribution in [-0.2, 0) is 22.2 Å². The molecule has 0 unspecified atom stereocenters. The summed E-state index contributed by atoms with van der Waals surface area (Å²) in [5.41, 5.74) is -2.25. The molecule has 5 nitrogen and oxygen atoms in total. The second kappa shape index (κ2) is 8.72. The number of carbonyl (C=O) groups excluding carboxylic acids is 1. The summed E-state index contributed by atoms with van der Waals surface area (Å²) in [7, 11) is -4.00. The monoisotopic (exact) mass is 480 g/mol. The Kier molecular flexibility index (Phi) is 6.55. The van der Waals surface area contributed by atoms with Crippen LogP contribution in [0.4, 0.5) is 26.3 Å². The van der Waals surface area contributed by atoms with Crippen LogP contribution in [0.2, 0.25) is 0 Å². The molecule has 32 heavy (non-hydrogen) atoms. The first-order chi connectivity index (χ1) is 14.8. The molecule has 1 N–H and O–H groups in total. The van der Waals surface area contributed by atoms with Crippen LogP contribution < -0.4 is 5.32 Å². The average molecular weight is 480 g/mol. The molecule has 0 bridgehead atoms. The maximum absolute atomic E-state index is 12.9. The van der Waals surface area contributed by atoms with Gasteiger partial charge in [0.25, 0.3) is 5.91 Å². The van der Waals surface area contributed by atoms with Gasteiger partial charge in [0.2, 0.25) is 0 Å². The van der Waals surface area contributed by atoms with Crippen LogP contribution in [0, 0.1) is 0 Å². The van der Waals surface area contributed by atoms with Gasteiger partial charge in [0.1, 0.15) is 5.69 Å². The summed E-state index contributed by atoms with van der Waals surface area (Å²) in [5, 5.41) is 1.73. The number of hydrogen-bond acceptors (Lipinski definition) is 4. The van der Waals surface area contributed by atoms with Gasteiger partial charge < -0.3 is 5.32 Å². The van der Waals surface area contributed by atoms with Gasteiger partial charge in [-0.15, -0.1) is 0 Å². The summed E-state index contributed by atoms with van der Waals surface area (Å²) < 4.78 is 102. The Morgan fingerprint density at radius 3 is 2.12 bits per heavy atom. The smallest absolute Gasteiger partial charge is 0.349 e. The van der Waals surface area contributed by atoms with Crippen molar-refractivity contribution < 1.29 is 39.6 Å². The molecular weight excluding hydrogens is 462 g/mol. The lowest BCUT2D eigenvalue weighted by molar-refractivity contribution is -0.141.